The van der Waals surface area contributed by atoms with Crippen LogP contribution in [0.15, 0.2) is 0 Å². The number of aliphatic hydroxyl groups excluding tert-OH is 3. The number of rotatable bonds is 7. The Morgan fingerprint density at radius 1 is 0.655 bits per heavy atom. The summed E-state index contributed by atoms with van der Waals surface area (Å²) in [6.07, 6.45) is -14.8. The van der Waals surface area contributed by atoms with Crippen molar-refractivity contribution in [2.24, 2.45) is 0 Å². The van der Waals surface area contributed by atoms with Gasteiger partial charge >= 0.3 is 126 Å². The normalized spacial score (nSPS) is 31.8. The van der Waals surface area contributed by atoms with Crippen LogP contribution in [0.4, 0.5) is 0 Å². The molecule has 1 saturated carbocycles. The van der Waals surface area contributed by atoms with Crippen LogP contribution in [0.25, 0.3) is 0 Å². The maximum absolute atomic E-state index is 11.4. The third-order valence-corrected chi connectivity index (χ3v) is 4.98. The van der Waals surface area contributed by atoms with Crippen LogP contribution in [-0.4, -0.2) is 63.9 Å². The monoisotopic (exact) mass is 522 g/mol. The molecular formula is C7H13Na4O15P3. The van der Waals surface area contributed by atoms with Gasteiger partial charge in [0.15, 0.2) is 0 Å². The molecule has 0 saturated heterocycles. The van der Waals surface area contributed by atoms with Gasteiger partial charge in [0, 0.05) is 7.11 Å². The van der Waals surface area contributed by atoms with E-state index < -0.39 is 60.1 Å². The first-order valence-corrected chi connectivity index (χ1v) is 10.5. The fourth-order valence-electron chi connectivity index (χ4n) is 2.03. The Hall–Kier alpha value is 4.21. The van der Waals surface area contributed by atoms with Crippen LogP contribution >= 0.6 is 23.5 Å². The summed E-state index contributed by atoms with van der Waals surface area (Å²) in [5.74, 6) is 0. The van der Waals surface area contributed by atoms with E-state index >= 15 is 0 Å². The van der Waals surface area contributed by atoms with Crippen LogP contribution in [0.1, 0.15) is 0 Å². The average Bonchev–Trinajstić information content (AvgIpc) is 2.43. The molecule has 0 amide bonds. The fourth-order valence-corrected chi connectivity index (χ4v) is 3.76. The predicted molar refractivity (Wildman–Crippen MR) is 64.7 cm³/mol. The minimum atomic E-state index is -5.89. The Morgan fingerprint density at radius 3 is 1.31 bits per heavy atom. The van der Waals surface area contributed by atoms with Crippen molar-refractivity contribution in [2.45, 2.75) is 36.6 Å². The minimum Gasteiger partial charge on any atom is -0.790 e. The predicted octanol–water partition coefficient (Wildman–Crippen LogP) is -17.3. The van der Waals surface area contributed by atoms with Gasteiger partial charge in [-0.2, -0.15) is 0 Å². The van der Waals surface area contributed by atoms with Crippen LogP contribution in [0.5, 0.6) is 0 Å². The van der Waals surface area contributed by atoms with Crippen LogP contribution in [0.2, 0.25) is 0 Å². The molecule has 0 heterocycles. The number of aliphatic hydroxyl groups is 3. The molecule has 0 aromatic rings. The van der Waals surface area contributed by atoms with Crippen molar-refractivity contribution in [3.63, 3.8) is 0 Å². The van der Waals surface area contributed by atoms with Crippen LogP contribution < -0.4 is 138 Å². The van der Waals surface area contributed by atoms with Gasteiger partial charge < -0.3 is 58.0 Å². The molecule has 0 aliphatic heterocycles. The summed E-state index contributed by atoms with van der Waals surface area (Å²) in [7, 11) is -16.1. The molecule has 15 nitrogen and oxygen atoms in total. The molecule has 1 fully saturated rings. The molecule has 1 aliphatic carbocycles. The molecule has 0 radical (unpaired) electrons. The van der Waals surface area contributed by atoms with E-state index in [1.165, 1.54) is 0 Å². The zero-order valence-electron chi connectivity index (χ0n) is 16.1. The third-order valence-electron chi connectivity index (χ3n) is 3.01. The molecule has 7 atom stereocenters. The Morgan fingerprint density at radius 2 is 0.966 bits per heavy atom. The zero-order chi connectivity index (χ0) is 19.8. The summed E-state index contributed by atoms with van der Waals surface area (Å²) in [6.45, 7) is 0. The summed E-state index contributed by atoms with van der Waals surface area (Å²) in [4.78, 5) is 52.0. The number of phosphoric acid groups is 3. The molecule has 150 valence electrons. The third kappa shape index (κ3) is 13.8. The molecule has 1 aliphatic rings. The first-order valence-electron chi connectivity index (χ1n) is 6.10. The number of hydrogen-bond donors (Lipinski definition) is 4. The smallest absolute Gasteiger partial charge is 0.790 e. The van der Waals surface area contributed by atoms with E-state index in [0.717, 1.165) is 0 Å². The Balaban J connectivity index is -0.000000781. The second kappa shape index (κ2) is 16.1. The van der Waals surface area contributed by atoms with Gasteiger partial charge in [-0.05, 0) is 0 Å². The quantitative estimate of drug-likeness (QED) is 0.179. The molecule has 1 rings (SSSR count). The topological polar surface area (TPSA) is 261 Å². The maximum Gasteiger partial charge on any atom is 1.00 e. The second-order valence-corrected chi connectivity index (χ2v) is 8.45. The van der Waals surface area contributed by atoms with Crippen molar-refractivity contribution in [1.82, 2.24) is 0 Å². The van der Waals surface area contributed by atoms with Gasteiger partial charge in [0.2, 0.25) is 0 Å². The van der Waals surface area contributed by atoms with Crippen LogP contribution in [0.3, 0.4) is 0 Å². The summed E-state index contributed by atoms with van der Waals surface area (Å²) >= 11 is 0. The second-order valence-electron chi connectivity index (χ2n) is 4.73. The van der Waals surface area contributed by atoms with Crippen molar-refractivity contribution >= 4 is 23.5 Å². The first-order chi connectivity index (χ1) is 11.1. The SMILES string of the molecule is COP(=O)(O)O[C@@H]1[C@@H](O)[C@H](OP(=O)([O-])[O-])[C@H](O)[C@H](O)[C@H]1OP(=O)([O-])[O-].[Na+].[Na+].[Na+].[Na+]. The number of phosphoric ester groups is 3. The van der Waals surface area contributed by atoms with Crippen molar-refractivity contribution < 1.29 is 190 Å². The summed E-state index contributed by atoms with van der Waals surface area (Å²) < 4.78 is 48.9. The van der Waals surface area contributed by atoms with Crippen LogP contribution in [-0.2, 0) is 31.8 Å². The van der Waals surface area contributed by atoms with Gasteiger partial charge in [0.25, 0.3) is 0 Å². The van der Waals surface area contributed by atoms with E-state index in [1.807, 2.05) is 0 Å². The van der Waals surface area contributed by atoms with Crippen molar-refractivity contribution in [3.8, 4) is 0 Å². The molecule has 0 spiro atoms. The summed E-state index contributed by atoms with van der Waals surface area (Å²) in [5.41, 5.74) is 0. The summed E-state index contributed by atoms with van der Waals surface area (Å²) in [6, 6.07) is 0. The van der Waals surface area contributed by atoms with Crippen molar-refractivity contribution in [1.29, 1.82) is 0 Å². The molecule has 1 unspecified atom stereocenters. The molecule has 0 bridgehead atoms. The van der Waals surface area contributed by atoms with E-state index in [4.69, 9.17) is 0 Å². The fraction of sp³-hybridized carbons (Fsp3) is 1.00. The van der Waals surface area contributed by atoms with Gasteiger partial charge in [-0.15, -0.1) is 0 Å². The van der Waals surface area contributed by atoms with E-state index in [2.05, 4.69) is 18.1 Å². The molecule has 0 aromatic carbocycles. The number of hydrogen-bond acceptors (Lipinski definition) is 14. The molecule has 0 aromatic heterocycles. The molecule has 22 heteroatoms. The minimum absolute atomic E-state index is 0. The van der Waals surface area contributed by atoms with Gasteiger partial charge in [-0.25, -0.2) is 4.57 Å². The molecule has 4 N–H and O–H groups in total. The average molecular weight is 522 g/mol. The maximum atomic E-state index is 11.4. The zero-order valence-corrected chi connectivity index (χ0v) is 26.8. The van der Waals surface area contributed by atoms with E-state index in [9.17, 15) is 53.5 Å². The Bertz CT molecular complexity index is 613. The van der Waals surface area contributed by atoms with Crippen molar-refractivity contribution in [3.05, 3.63) is 0 Å². The van der Waals surface area contributed by atoms with Gasteiger partial charge in [0.1, 0.15) is 36.6 Å². The first kappa shape index (κ1) is 40.4. The van der Waals surface area contributed by atoms with E-state index in [-0.39, 0.29) is 118 Å². The Kier molecular flexibility index (Phi) is 22.4. The van der Waals surface area contributed by atoms with E-state index in [1.54, 1.807) is 0 Å². The van der Waals surface area contributed by atoms with Crippen molar-refractivity contribution in [2.75, 3.05) is 7.11 Å². The van der Waals surface area contributed by atoms with E-state index in [0.29, 0.717) is 7.11 Å². The molecule has 29 heavy (non-hydrogen) atoms. The van der Waals surface area contributed by atoms with Gasteiger partial charge in [-0.1, -0.05) is 0 Å². The Labute approximate surface area is 253 Å². The van der Waals surface area contributed by atoms with Gasteiger partial charge in [0.05, 0.1) is 15.6 Å². The standard InChI is InChI=1S/C7H17O15P3.4Na/c1-19-25(17,18)22-7-4(10)5(20-23(11,12)13)2(8)3(9)6(7)21-24(14,15)16;;;;/h2-10H,1H3,(H,17,18)(H2,11,12,13)(H2,14,15,16);;;;/q;4*+1/p-4/t2-,3+,4+,5-,6-,7-;;;;/m1..../s1. The van der Waals surface area contributed by atoms with Crippen LogP contribution in [0, 0.1) is 0 Å². The van der Waals surface area contributed by atoms with Gasteiger partial charge in [-0.3, -0.25) is 9.05 Å². The summed E-state index contributed by atoms with van der Waals surface area (Å²) in [5, 5.41) is 29.4. The largest absolute Gasteiger partial charge is 1.00 e. The molecular weight excluding hydrogens is 509 g/mol.